The van der Waals surface area contributed by atoms with Gasteiger partial charge in [-0.25, -0.2) is 17.5 Å². The Balaban J connectivity index is 2.17. The van der Waals surface area contributed by atoms with Gasteiger partial charge in [-0.15, -0.1) is 0 Å². The zero-order valence-electron chi connectivity index (χ0n) is 12.0. The van der Waals surface area contributed by atoms with E-state index in [0.717, 1.165) is 12.1 Å². The molecule has 0 unspecified atom stereocenters. The molecule has 0 saturated carbocycles. The van der Waals surface area contributed by atoms with Crippen molar-refractivity contribution in [3.8, 4) is 0 Å². The molecule has 1 N–H and O–H groups in total. The molecule has 0 atom stereocenters. The van der Waals surface area contributed by atoms with Gasteiger partial charge in [-0.1, -0.05) is 6.07 Å². The fourth-order valence-electron chi connectivity index (χ4n) is 1.91. The molecule has 2 aromatic carbocycles. The maximum absolute atomic E-state index is 13.2. The number of aryl methyl sites for hydroxylation is 1. The first-order valence-corrected chi connectivity index (χ1v) is 8.00. The van der Waals surface area contributed by atoms with E-state index in [1.165, 1.54) is 18.2 Å². The van der Waals surface area contributed by atoms with E-state index >= 15 is 0 Å². The fourth-order valence-corrected chi connectivity index (χ4v) is 2.92. The highest BCUT2D eigenvalue weighted by molar-refractivity contribution is 7.89. The SMILES string of the molecule is Cc1ccc(F)cc1CNS(=O)(=O)c1ccc(C(F)(F)F)cc1. The lowest BCUT2D eigenvalue weighted by Crippen LogP contribution is -2.23. The Morgan fingerprint density at radius 1 is 1.04 bits per heavy atom. The number of alkyl halides is 3. The summed E-state index contributed by atoms with van der Waals surface area (Å²) >= 11 is 0. The van der Waals surface area contributed by atoms with Crippen LogP contribution in [0.1, 0.15) is 16.7 Å². The fraction of sp³-hybridized carbons (Fsp3) is 0.200. The molecule has 0 aliphatic carbocycles. The topological polar surface area (TPSA) is 46.2 Å². The van der Waals surface area contributed by atoms with Gasteiger partial charge in [0.25, 0.3) is 0 Å². The molecule has 0 saturated heterocycles. The normalized spacial score (nSPS) is 12.4. The van der Waals surface area contributed by atoms with Gasteiger partial charge in [0.05, 0.1) is 10.5 Å². The van der Waals surface area contributed by atoms with Crippen LogP contribution in [-0.2, 0) is 22.7 Å². The molecule has 2 rings (SSSR count). The van der Waals surface area contributed by atoms with Crippen molar-refractivity contribution in [3.05, 3.63) is 65.0 Å². The van der Waals surface area contributed by atoms with E-state index in [-0.39, 0.29) is 11.4 Å². The van der Waals surface area contributed by atoms with Crippen molar-refractivity contribution in [2.24, 2.45) is 0 Å². The van der Waals surface area contributed by atoms with Crippen molar-refractivity contribution < 1.29 is 26.0 Å². The number of sulfonamides is 1. The summed E-state index contributed by atoms with van der Waals surface area (Å²) in [5, 5.41) is 0. The largest absolute Gasteiger partial charge is 0.416 e. The number of hydrogen-bond donors (Lipinski definition) is 1. The molecular weight excluding hydrogens is 334 g/mol. The molecule has 0 amide bonds. The van der Waals surface area contributed by atoms with Crippen molar-refractivity contribution >= 4 is 10.0 Å². The van der Waals surface area contributed by atoms with Crippen molar-refractivity contribution in [1.82, 2.24) is 4.72 Å². The standard InChI is InChI=1S/C15H13F4NO2S/c1-10-2-5-13(16)8-11(10)9-20-23(21,22)14-6-3-12(4-7-14)15(17,18)19/h2-8,20H,9H2,1H3. The monoisotopic (exact) mass is 347 g/mol. The van der Waals surface area contributed by atoms with Gasteiger partial charge in [-0.05, 0) is 54.4 Å². The zero-order valence-corrected chi connectivity index (χ0v) is 12.8. The number of halogens is 4. The minimum atomic E-state index is -4.53. The van der Waals surface area contributed by atoms with Gasteiger partial charge in [0, 0.05) is 6.54 Å². The van der Waals surface area contributed by atoms with Crippen molar-refractivity contribution in [2.75, 3.05) is 0 Å². The van der Waals surface area contributed by atoms with Crippen LogP contribution in [0.5, 0.6) is 0 Å². The molecule has 0 aromatic heterocycles. The second-order valence-electron chi connectivity index (χ2n) is 4.92. The third-order valence-electron chi connectivity index (χ3n) is 3.26. The molecular formula is C15H13F4NO2S. The lowest BCUT2D eigenvalue weighted by Gasteiger charge is -2.10. The highest BCUT2D eigenvalue weighted by atomic mass is 32.2. The third-order valence-corrected chi connectivity index (χ3v) is 4.67. The minimum absolute atomic E-state index is 0.160. The number of nitrogens with one attached hydrogen (secondary N) is 1. The quantitative estimate of drug-likeness (QED) is 0.859. The van der Waals surface area contributed by atoms with E-state index in [4.69, 9.17) is 0 Å². The first-order valence-electron chi connectivity index (χ1n) is 6.51. The maximum atomic E-state index is 13.2. The van der Waals surface area contributed by atoms with E-state index < -0.39 is 27.6 Å². The maximum Gasteiger partial charge on any atom is 0.416 e. The third kappa shape index (κ3) is 4.29. The van der Waals surface area contributed by atoms with Gasteiger partial charge in [-0.2, -0.15) is 13.2 Å². The smallest absolute Gasteiger partial charge is 0.207 e. The van der Waals surface area contributed by atoms with E-state index in [1.54, 1.807) is 6.92 Å². The number of hydrogen-bond acceptors (Lipinski definition) is 2. The molecule has 23 heavy (non-hydrogen) atoms. The van der Waals surface area contributed by atoms with Crippen molar-refractivity contribution in [3.63, 3.8) is 0 Å². The van der Waals surface area contributed by atoms with E-state index in [1.807, 2.05) is 0 Å². The van der Waals surface area contributed by atoms with Crippen LogP contribution in [0.15, 0.2) is 47.4 Å². The van der Waals surface area contributed by atoms with Gasteiger partial charge < -0.3 is 0 Å². The van der Waals surface area contributed by atoms with Gasteiger partial charge in [-0.3, -0.25) is 0 Å². The molecule has 0 bridgehead atoms. The lowest BCUT2D eigenvalue weighted by molar-refractivity contribution is -0.137. The van der Waals surface area contributed by atoms with Crippen LogP contribution in [0.3, 0.4) is 0 Å². The van der Waals surface area contributed by atoms with E-state index in [0.29, 0.717) is 23.3 Å². The Kier molecular flexibility index (Phi) is 4.76. The Morgan fingerprint density at radius 2 is 1.65 bits per heavy atom. The zero-order chi connectivity index (χ0) is 17.3. The van der Waals surface area contributed by atoms with Crippen LogP contribution in [0, 0.1) is 12.7 Å². The van der Waals surface area contributed by atoms with Crippen molar-refractivity contribution in [2.45, 2.75) is 24.5 Å². The molecule has 0 spiro atoms. The Hall–Kier alpha value is -1.93. The molecule has 124 valence electrons. The Labute approximate surface area is 131 Å². The first kappa shape index (κ1) is 17.4. The van der Waals surface area contributed by atoms with Crippen LogP contribution in [-0.4, -0.2) is 8.42 Å². The summed E-state index contributed by atoms with van der Waals surface area (Å²) in [6.07, 6.45) is -4.53. The summed E-state index contributed by atoms with van der Waals surface area (Å²) < 4.78 is 77.0. The summed E-state index contributed by atoms with van der Waals surface area (Å²) in [7, 11) is -3.99. The van der Waals surface area contributed by atoms with Gasteiger partial charge in [0.1, 0.15) is 5.82 Å². The second kappa shape index (κ2) is 6.29. The lowest BCUT2D eigenvalue weighted by atomic mass is 10.1. The molecule has 2 aromatic rings. The molecule has 0 heterocycles. The summed E-state index contributed by atoms with van der Waals surface area (Å²) in [5.41, 5.74) is 0.208. The van der Waals surface area contributed by atoms with Crippen LogP contribution in [0.25, 0.3) is 0 Å². The number of benzene rings is 2. The highest BCUT2D eigenvalue weighted by Crippen LogP contribution is 2.29. The van der Waals surface area contributed by atoms with Gasteiger partial charge >= 0.3 is 6.18 Å². The van der Waals surface area contributed by atoms with Crippen LogP contribution < -0.4 is 4.72 Å². The first-order chi connectivity index (χ1) is 10.6. The van der Waals surface area contributed by atoms with Crippen LogP contribution in [0.2, 0.25) is 0 Å². The average Bonchev–Trinajstić information content (AvgIpc) is 2.47. The second-order valence-corrected chi connectivity index (χ2v) is 6.68. The summed E-state index contributed by atoms with van der Waals surface area (Å²) in [6.45, 7) is 1.54. The van der Waals surface area contributed by atoms with Crippen LogP contribution >= 0.6 is 0 Å². The average molecular weight is 347 g/mol. The molecule has 3 nitrogen and oxygen atoms in total. The summed E-state index contributed by atoms with van der Waals surface area (Å²) in [5.74, 6) is -0.501. The molecule has 0 aliphatic heterocycles. The van der Waals surface area contributed by atoms with Gasteiger partial charge in [0.15, 0.2) is 0 Å². The summed E-state index contributed by atoms with van der Waals surface area (Å²) in [6, 6.07) is 7.11. The predicted molar refractivity (Wildman–Crippen MR) is 76.6 cm³/mol. The van der Waals surface area contributed by atoms with E-state index in [9.17, 15) is 26.0 Å². The molecule has 0 fully saturated rings. The van der Waals surface area contributed by atoms with Crippen molar-refractivity contribution in [1.29, 1.82) is 0 Å². The Morgan fingerprint density at radius 3 is 2.22 bits per heavy atom. The molecule has 8 heteroatoms. The Bertz CT molecular complexity index is 799. The molecule has 0 radical (unpaired) electrons. The van der Waals surface area contributed by atoms with Crippen LogP contribution in [0.4, 0.5) is 17.6 Å². The number of rotatable bonds is 4. The summed E-state index contributed by atoms with van der Waals surface area (Å²) in [4.78, 5) is -0.292. The highest BCUT2D eigenvalue weighted by Gasteiger charge is 2.30. The predicted octanol–water partition coefficient (Wildman–Crippen LogP) is 3.63. The van der Waals surface area contributed by atoms with E-state index in [2.05, 4.69) is 4.72 Å². The van der Waals surface area contributed by atoms with Gasteiger partial charge in [0.2, 0.25) is 10.0 Å². The molecule has 0 aliphatic rings. The minimum Gasteiger partial charge on any atom is -0.207 e.